The summed E-state index contributed by atoms with van der Waals surface area (Å²) >= 11 is 0. The van der Waals surface area contributed by atoms with Crippen LogP contribution in [0.4, 0.5) is 8.78 Å². The lowest BCUT2D eigenvalue weighted by Gasteiger charge is -2.41. The van der Waals surface area contributed by atoms with Crippen LogP contribution in [0.1, 0.15) is 93.8 Å². The number of hydrogen-bond acceptors (Lipinski definition) is 4. The molecule has 2 aromatic carbocycles. The van der Waals surface area contributed by atoms with Crippen LogP contribution in [-0.4, -0.2) is 35.5 Å². The van der Waals surface area contributed by atoms with E-state index in [0.29, 0.717) is 5.56 Å². The smallest absolute Gasteiger partial charge is 0.217 e. The Labute approximate surface area is 219 Å². The second-order valence-corrected chi connectivity index (χ2v) is 11.4. The highest BCUT2D eigenvalue weighted by Gasteiger charge is 2.36. The molecule has 1 aliphatic rings. The Kier molecular flexibility index (Phi) is 9.24. The SMILES string of the molecule is CC(=O)NC(Cc1cc(F)cc(F)c1)C(O)CNC1(c2ccc(C(C)=O)c(C(C)(C)C)c2)CCCCC1. The standard InChI is InChI=1S/C30H40F2N2O3/c1-19(35)25-10-9-22(16-26(25)29(3,4)5)30(11-7-6-8-12-30)33-18-28(37)27(34-20(2)36)15-21-13-23(31)17-24(32)14-21/h9-10,13-14,16-17,27-28,33,37H,6-8,11-12,15,18H2,1-5H3,(H,34,36). The summed E-state index contributed by atoms with van der Waals surface area (Å²) in [5.74, 6) is -1.70. The fraction of sp³-hybridized carbons (Fsp3) is 0.533. The fourth-order valence-corrected chi connectivity index (χ4v) is 5.46. The minimum Gasteiger partial charge on any atom is -0.390 e. The summed E-state index contributed by atoms with van der Waals surface area (Å²) in [7, 11) is 0. The fourth-order valence-electron chi connectivity index (χ4n) is 5.46. The van der Waals surface area contributed by atoms with Crippen LogP contribution in [0.3, 0.4) is 0 Å². The van der Waals surface area contributed by atoms with Gasteiger partial charge in [0.25, 0.3) is 0 Å². The predicted molar refractivity (Wildman–Crippen MR) is 142 cm³/mol. The van der Waals surface area contributed by atoms with Crippen LogP contribution in [0.5, 0.6) is 0 Å². The average Bonchev–Trinajstić information content (AvgIpc) is 2.81. The molecule has 0 spiro atoms. The topological polar surface area (TPSA) is 78.4 Å². The van der Waals surface area contributed by atoms with Crippen molar-refractivity contribution < 1.29 is 23.5 Å². The van der Waals surface area contributed by atoms with Crippen molar-refractivity contribution in [2.45, 2.75) is 96.2 Å². The third kappa shape index (κ3) is 7.45. The maximum atomic E-state index is 13.7. The van der Waals surface area contributed by atoms with E-state index in [4.69, 9.17) is 0 Å². The third-order valence-electron chi connectivity index (χ3n) is 7.35. The molecule has 0 bridgehead atoms. The second kappa shape index (κ2) is 11.8. The molecule has 0 aromatic heterocycles. The van der Waals surface area contributed by atoms with Gasteiger partial charge in [-0.2, -0.15) is 0 Å². The lowest BCUT2D eigenvalue weighted by molar-refractivity contribution is -0.120. The molecular weight excluding hydrogens is 474 g/mol. The highest BCUT2D eigenvalue weighted by molar-refractivity contribution is 5.96. The minimum atomic E-state index is -0.993. The Balaban J connectivity index is 1.88. The zero-order valence-corrected chi connectivity index (χ0v) is 22.6. The summed E-state index contributed by atoms with van der Waals surface area (Å²) in [6.45, 7) is 9.40. The summed E-state index contributed by atoms with van der Waals surface area (Å²) < 4.78 is 27.5. The molecule has 2 atom stereocenters. The Bertz CT molecular complexity index is 1100. The van der Waals surface area contributed by atoms with Crippen molar-refractivity contribution >= 4 is 11.7 Å². The van der Waals surface area contributed by atoms with Crippen LogP contribution in [0, 0.1) is 11.6 Å². The molecule has 2 unspecified atom stereocenters. The van der Waals surface area contributed by atoms with Gasteiger partial charge in [-0.3, -0.25) is 9.59 Å². The second-order valence-electron chi connectivity index (χ2n) is 11.4. The third-order valence-corrected chi connectivity index (χ3v) is 7.35. The predicted octanol–water partition coefficient (Wildman–Crippen LogP) is 5.32. The van der Waals surface area contributed by atoms with Gasteiger partial charge in [-0.1, -0.05) is 58.2 Å². The van der Waals surface area contributed by atoms with Crippen LogP contribution in [0.2, 0.25) is 0 Å². The van der Waals surface area contributed by atoms with Crippen molar-refractivity contribution in [2.24, 2.45) is 0 Å². The van der Waals surface area contributed by atoms with E-state index >= 15 is 0 Å². The van der Waals surface area contributed by atoms with E-state index in [-0.39, 0.29) is 35.6 Å². The molecule has 0 saturated heterocycles. The van der Waals surface area contributed by atoms with E-state index in [2.05, 4.69) is 37.5 Å². The summed E-state index contributed by atoms with van der Waals surface area (Å²) in [5, 5.41) is 17.5. The number of aliphatic hydroxyl groups excluding tert-OH is 1. The normalized spacial score (nSPS) is 17.2. The molecule has 1 saturated carbocycles. The van der Waals surface area contributed by atoms with Gasteiger partial charge in [0, 0.05) is 30.6 Å². The van der Waals surface area contributed by atoms with Crippen LogP contribution in [0.15, 0.2) is 36.4 Å². The van der Waals surface area contributed by atoms with Gasteiger partial charge in [-0.25, -0.2) is 8.78 Å². The van der Waals surface area contributed by atoms with Crippen molar-refractivity contribution in [2.75, 3.05) is 6.54 Å². The van der Waals surface area contributed by atoms with Crippen LogP contribution < -0.4 is 10.6 Å². The molecule has 1 fully saturated rings. The van der Waals surface area contributed by atoms with E-state index in [1.54, 1.807) is 6.92 Å². The maximum Gasteiger partial charge on any atom is 0.217 e. The molecule has 2 aromatic rings. The zero-order chi connectivity index (χ0) is 27.4. The van der Waals surface area contributed by atoms with Crippen molar-refractivity contribution in [3.8, 4) is 0 Å². The number of ketones is 1. The lowest BCUT2D eigenvalue weighted by Crippen LogP contribution is -2.53. The van der Waals surface area contributed by atoms with Gasteiger partial charge in [-0.15, -0.1) is 0 Å². The van der Waals surface area contributed by atoms with Gasteiger partial charge in [0.2, 0.25) is 5.91 Å². The van der Waals surface area contributed by atoms with Gasteiger partial charge in [0.15, 0.2) is 5.78 Å². The molecule has 3 rings (SSSR count). The number of aliphatic hydroxyl groups is 1. The van der Waals surface area contributed by atoms with Gasteiger partial charge in [0.05, 0.1) is 12.1 Å². The van der Waals surface area contributed by atoms with Gasteiger partial charge in [0.1, 0.15) is 11.6 Å². The number of benzene rings is 2. The maximum absolute atomic E-state index is 13.7. The Morgan fingerprint density at radius 2 is 1.62 bits per heavy atom. The molecular formula is C30H40F2N2O3. The molecule has 0 radical (unpaired) electrons. The number of rotatable bonds is 9. The summed E-state index contributed by atoms with van der Waals surface area (Å²) in [5.41, 5.74) is 2.54. The quantitative estimate of drug-likeness (QED) is 0.396. The highest BCUT2D eigenvalue weighted by atomic mass is 19.1. The van der Waals surface area contributed by atoms with Crippen molar-refractivity contribution in [3.63, 3.8) is 0 Å². The molecule has 1 amide bonds. The Morgan fingerprint density at radius 3 is 2.16 bits per heavy atom. The van der Waals surface area contributed by atoms with E-state index in [9.17, 15) is 23.5 Å². The lowest BCUT2D eigenvalue weighted by atomic mass is 9.73. The van der Waals surface area contributed by atoms with E-state index in [1.165, 1.54) is 19.1 Å². The summed E-state index contributed by atoms with van der Waals surface area (Å²) in [6, 6.07) is 8.55. The molecule has 0 heterocycles. The van der Waals surface area contributed by atoms with Crippen LogP contribution in [-0.2, 0) is 22.2 Å². The first-order valence-corrected chi connectivity index (χ1v) is 13.1. The number of carbonyl (C=O) groups is 2. The minimum absolute atomic E-state index is 0.0319. The van der Waals surface area contributed by atoms with E-state index in [0.717, 1.165) is 54.9 Å². The number of Topliss-reactive ketones (excluding diaryl/α,β-unsaturated/α-hetero) is 1. The highest BCUT2D eigenvalue weighted by Crippen LogP contribution is 2.39. The first-order valence-electron chi connectivity index (χ1n) is 13.1. The first kappa shape index (κ1) is 28.9. The molecule has 3 N–H and O–H groups in total. The van der Waals surface area contributed by atoms with Gasteiger partial charge < -0.3 is 15.7 Å². The number of amides is 1. The molecule has 5 nitrogen and oxygen atoms in total. The monoisotopic (exact) mass is 514 g/mol. The van der Waals surface area contributed by atoms with Crippen molar-refractivity contribution in [3.05, 3.63) is 70.3 Å². The van der Waals surface area contributed by atoms with Gasteiger partial charge in [-0.05, 0) is 60.4 Å². The van der Waals surface area contributed by atoms with Gasteiger partial charge >= 0.3 is 0 Å². The first-order chi connectivity index (χ1) is 17.3. The Hall–Kier alpha value is -2.64. The Morgan fingerprint density at radius 1 is 1.00 bits per heavy atom. The van der Waals surface area contributed by atoms with Crippen LogP contribution in [0.25, 0.3) is 0 Å². The molecule has 37 heavy (non-hydrogen) atoms. The van der Waals surface area contributed by atoms with Crippen molar-refractivity contribution in [1.82, 2.24) is 10.6 Å². The molecule has 202 valence electrons. The molecule has 1 aliphatic carbocycles. The number of nitrogens with one attached hydrogen (secondary N) is 2. The largest absolute Gasteiger partial charge is 0.390 e. The van der Waals surface area contributed by atoms with E-state index < -0.39 is 23.8 Å². The average molecular weight is 515 g/mol. The van der Waals surface area contributed by atoms with Crippen molar-refractivity contribution in [1.29, 1.82) is 0 Å². The molecule has 0 aliphatic heterocycles. The van der Waals surface area contributed by atoms with Crippen LogP contribution >= 0.6 is 0 Å². The number of halogens is 2. The number of hydrogen-bond donors (Lipinski definition) is 3. The number of carbonyl (C=O) groups excluding carboxylic acids is 2. The summed E-state index contributed by atoms with van der Waals surface area (Å²) in [6.07, 6.45) is 4.04. The zero-order valence-electron chi connectivity index (χ0n) is 22.6. The summed E-state index contributed by atoms with van der Waals surface area (Å²) in [4.78, 5) is 24.2. The molecule has 7 heteroatoms. The van der Waals surface area contributed by atoms with E-state index in [1.807, 2.05) is 12.1 Å².